The Hall–Kier alpha value is -1.56. The Kier molecular flexibility index (Phi) is 4.30. The van der Waals surface area contributed by atoms with E-state index in [0.717, 1.165) is 0 Å². The highest BCUT2D eigenvalue weighted by Gasteiger charge is 2.16. The minimum atomic E-state index is -0.552. The molecule has 86 valence electrons. The molecule has 0 aromatic heterocycles. The molecule has 1 aromatic carbocycles. The van der Waals surface area contributed by atoms with E-state index in [-0.39, 0.29) is 5.56 Å². The first-order chi connectivity index (χ1) is 7.63. The molecule has 0 heterocycles. The van der Waals surface area contributed by atoms with Crippen molar-refractivity contribution in [3.8, 4) is 5.75 Å². The van der Waals surface area contributed by atoms with E-state index < -0.39 is 5.97 Å². The average molecular weight is 288 g/mol. The lowest BCUT2D eigenvalue weighted by molar-refractivity contribution is -0.105. The summed E-state index contributed by atoms with van der Waals surface area (Å²) in [5.74, 6) is -0.0623. The molecule has 0 unspecified atom stereocenters. The van der Waals surface area contributed by atoms with Crippen LogP contribution >= 0.6 is 15.9 Å². The summed E-state index contributed by atoms with van der Waals surface area (Å²) in [4.78, 5) is 21.9. The number of halogens is 1. The number of nitrogens with one attached hydrogen (secondary N) is 1. The lowest BCUT2D eigenvalue weighted by Gasteiger charge is -2.11. The lowest BCUT2D eigenvalue weighted by atomic mass is 10.1. The number of esters is 1. The molecular weight excluding hydrogens is 278 g/mol. The second kappa shape index (κ2) is 5.50. The predicted octanol–water partition coefficient (Wildman–Crippen LogP) is 1.81. The molecule has 1 aromatic rings. The van der Waals surface area contributed by atoms with Crippen LogP contribution < -0.4 is 10.1 Å². The first kappa shape index (κ1) is 12.5. The molecule has 6 heteroatoms. The van der Waals surface area contributed by atoms with Crippen LogP contribution in [-0.2, 0) is 9.53 Å². The van der Waals surface area contributed by atoms with Crippen LogP contribution in [0, 0.1) is 0 Å². The Balaban J connectivity index is 3.33. The summed E-state index contributed by atoms with van der Waals surface area (Å²) in [5.41, 5.74) is 0.573. The molecule has 0 spiro atoms. The van der Waals surface area contributed by atoms with Crippen molar-refractivity contribution in [2.75, 3.05) is 19.5 Å². The minimum absolute atomic E-state index is 0.223. The first-order valence-corrected chi connectivity index (χ1v) is 5.09. The predicted molar refractivity (Wildman–Crippen MR) is 61.7 cm³/mol. The number of amides is 1. The van der Waals surface area contributed by atoms with Crippen molar-refractivity contribution in [2.24, 2.45) is 0 Å². The molecule has 5 nitrogen and oxygen atoms in total. The zero-order valence-electron chi connectivity index (χ0n) is 8.74. The van der Waals surface area contributed by atoms with Crippen LogP contribution in [0.2, 0.25) is 0 Å². The van der Waals surface area contributed by atoms with Crippen LogP contribution in [0.15, 0.2) is 16.6 Å². The molecule has 1 amide bonds. The van der Waals surface area contributed by atoms with Gasteiger partial charge in [0.1, 0.15) is 5.75 Å². The topological polar surface area (TPSA) is 64.6 Å². The summed E-state index contributed by atoms with van der Waals surface area (Å²) >= 11 is 3.23. The Labute approximate surface area is 101 Å². The molecule has 0 saturated carbocycles. The van der Waals surface area contributed by atoms with Crippen molar-refractivity contribution in [1.29, 1.82) is 0 Å². The van der Waals surface area contributed by atoms with Gasteiger partial charge in [0.25, 0.3) is 0 Å². The van der Waals surface area contributed by atoms with E-state index in [9.17, 15) is 9.59 Å². The van der Waals surface area contributed by atoms with Crippen molar-refractivity contribution >= 4 is 34.0 Å². The van der Waals surface area contributed by atoms with E-state index in [1.54, 1.807) is 6.07 Å². The maximum atomic E-state index is 11.5. The number of benzene rings is 1. The van der Waals surface area contributed by atoms with E-state index in [4.69, 9.17) is 4.74 Å². The summed E-state index contributed by atoms with van der Waals surface area (Å²) in [7, 11) is 2.75. The number of anilines is 1. The van der Waals surface area contributed by atoms with E-state index in [0.29, 0.717) is 22.3 Å². The van der Waals surface area contributed by atoms with Crippen LogP contribution in [0.4, 0.5) is 5.69 Å². The minimum Gasteiger partial charge on any atom is -0.497 e. The number of carbonyl (C=O) groups is 2. The Morgan fingerprint density at radius 3 is 2.62 bits per heavy atom. The second-order valence-electron chi connectivity index (χ2n) is 2.79. The normalized spacial score (nSPS) is 9.44. The smallest absolute Gasteiger partial charge is 0.340 e. The maximum absolute atomic E-state index is 11.5. The van der Waals surface area contributed by atoms with Gasteiger partial charge in [-0.2, -0.15) is 0 Å². The van der Waals surface area contributed by atoms with E-state index in [1.807, 2.05) is 0 Å². The molecule has 0 atom stereocenters. The molecule has 0 saturated heterocycles. The Bertz CT molecular complexity index is 420. The Morgan fingerprint density at radius 2 is 2.12 bits per heavy atom. The molecule has 0 fully saturated rings. The second-order valence-corrected chi connectivity index (χ2v) is 3.64. The van der Waals surface area contributed by atoms with Gasteiger partial charge in [-0.1, -0.05) is 0 Å². The molecule has 0 aliphatic carbocycles. The van der Waals surface area contributed by atoms with Gasteiger partial charge in [-0.3, -0.25) is 4.79 Å². The first-order valence-electron chi connectivity index (χ1n) is 4.30. The molecular formula is C10H10BrNO4. The highest BCUT2D eigenvalue weighted by Crippen LogP contribution is 2.31. The molecule has 1 N–H and O–H groups in total. The summed E-state index contributed by atoms with van der Waals surface area (Å²) in [5, 5.41) is 2.43. The van der Waals surface area contributed by atoms with Gasteiger partial charge in [0, 0.05) is 4.47 Å². The number of hydrogen-bond donors (Lipinski definition) is 1. The van der Waals surface area contributed by atoms with E-state index in [1.165, 1.54) is 20.3 Å². The fourth-order valence-electron chi connectivity index (χ4n) is 1.18. The van der Waals surface area contributed by atoms with Crippen molar-refractivity contribution < 1.29 is 19.1 Å². The van der Waals surface area contributed by atoms with Gasteiger partial charge in [-0.15, -0.1) is 0 Å². The van der Waals surface area contributed by atoms with Gasteiger partial charge in [-0.25, -0.2) is 4.79 Å². The van der Waals surface area contributed by atoms with Crippen LogP contribution in [0.3, 0.4) is 0 Å². The van der Waals surface area contributed by atoms with Gasteiger partial charge < -0.3 is 14.8 Å². The zero-order chi connectivity index (χ0) is 12.1. The number of hydrogen-bond acceptors (Lipinski definition) is 4. The number of ether oxygens (including phenoxy) is 2. The third kappa shape index (κ3) is 2.52. The highest BCUT2D eigenvalue weighted by molar-refractivity contribution is 9.10. The zero-order valence-corrected chi connectivity index (χ0v) is 10.3. The molecule has 0 bridgehead atoms. The number of rotatable bonds is 4. The molecule has 0 radical (unpaired) electrons. The summed E-state index contributed by atoms with van der Waals surface area (Å²) in [6.07, 6.45) is 0.485. The van der Waals surface area contributed by atoms with Crippen LogP contribution in [-0.4, -0.2) is 26.6 Å². The average Bonchev–Trinajstić information content (AvgIpc) is 2.30. The molecule has 0 aliphatic rings. The van der Waals surface area contributed by atoms with E-state index >= 15 is 0 Å². The van der Waals surface area contributed by atoms with Crippen molar-refractivity contribution in [3.05, 3.63) is 22.2 Å². The monoisotopic (exact) mass is 287 g/mol. The van der Waals surface area contributed by atoms with Gasteiger partial charge in [-0.05, 0) is 28.1 Å². The summed E-state index contributed by atoms with van der Waals surface area (Å²) in [6, 6.07) is 3.13. The van der Waals surface area contributed by atoms with Crippen LogP contribution in [0.5, 0.6) is 5.75 Å². The standard InChI is InChI=1S/C10H10BrNO4/c1-15-6-3-7(10(14)16-2)9(12-5-13)8(11)4-6/h3-5H,1-2H3,(H,12,13). The van der Waals surface area contributed by atoms with E-state index in [2.05, 4.69) is 26.0 Å². The van der Waals surface area contributed by atoms with Gasteiger partial charge in [0.15, 0.2) is 0 Å². The summed E-state index contributed by atoms with van der Waals surface area (Å²) in [6.45, 7) is 0. The number of methoxy groups -OCH3 is 2. The molecule has 1 rings (SSSR count). The largest absolute Gasteiger partial charge is 0.497 e. The highest BCUT2D eigenvalue weighted by atomic mass is 79.9. The van der Waals surface area contributed by atoms with Crippen molar-refractivity contribution in [2.45, 2.75) is 0 Å². The van der Waals surface area contributed by atoms with Crippen molar-refractivity contribution in [1.82, 2.24) is 0 Å². The third-order valence-electron chi connectivity index (χ3n) is 1.91. The Morgan fingerprint density at radius 1 is 1.44 bits per heavy atom. The lowest BCUT2D eigenvalue weighted by Crippen LogP contribution is -2.08. The van der Waals surface area contributed by atoms with Gasteiger partial charge in [0.2, 0.25) is 6.41 Å². The van der Waals surface area contributed by atoms with Gasteiger partial charge in [0.05, 0.1) is 25.5 Å². The number of carbonyl (C=O) groups excluding carboxylic acids is 2. The summed E-state index contributed by atoms with van der Waals surface area (Å²) < 4.78 is 10.2. The van der Waals surface area contributed by atoms with Gasteiger partial charge >= 0.3 is 5.97 Å². The quantitative estimate of drug-likeness (QED) is 0.678. The fraction of sp³-hybridized carbons (Fsp3) is 0.200. The van der Waals surface area contributed by atoms with Crippen LogP contribution in [0.1, 0.15) is 10.4 Å². The SMILES string of the molecule is COC(=O)c1cc(OC)cc(Br)c1NC=O. The molecule has 0 aliphatic heterocycles. The fourth-order valence-corrected chi connectivity index (χ4v) is 1.73. The van der Waals surface area contributed by atoms with Crippen LogP contribution in [0.25, 0.3) is 0 Å². The molecule has 16 heavy (non-hydrogen) atoms. The van der Waals surface area contributed by atoms with Crippen molar-refractivity contribution in [3.63, 3.8) is 0 Å². The third-order valence-corrected chi connectivity index (χ3v) is 2.53. The maximum Gasteiger partial charge on any atom is 0.340 e.